The van der Waals surface area contributed by atoms with Gasteiger partial charge in [-0.1, -0.05) is 0 Å². The van der Waals surface area contributed by atoms with Gasteiger partial charge in [0.15, 0.2) is 0 Å². The molecule has 1 amide bonds. The fraction of sp³-hybridized carbons (Fsp3) is 0.909. The largest absolute Gasteiger partial charge is 0.364 e. The Morgan fingerprint density at radius 3 is 2.56 bits per heavy atom. The molecule has 2 saturated heterocycles. The van der Waals surface area contributed by atoms with Crippen LogP contribution < -0.4 is 5.73 Å². The molecule has 2 aliphatic heterocycles. The van der Waals surface area contributed by atoms with Crippen LogP contribution in [-0.4, -0.2) is 67.7 Å². The molecule has 0 aromatic heterocycles. The van der Waals surface area contributed by atoms with Gasteiger partial charge in [0.25, 0.3) is 5.91 Å². The summed E-state index contributed by atoms with van der Waals surface area (Å²) >= 11 is 0. The zero-order valence-corrected chi connectivity index (χ0v) is 9.89. The predicted molar refractivity (Wildman–Crippen MR) is 61.0 cm³/mol. The quantitative estimate of drug-likeness (QED) is 0.675. The van der Waals surface area contributed by atoms with E-state index in [2.05, 4.69) is 11.9 Å². The van der Waals surface area contributed by atoms with Gasteiger partial charge in [0.05, 0.1) is 6.10 Å². The molecule has 92 valence electrons. The number of rotatable bonds is 2. The van der Waals surface area contributed by atoms with Crippen molar-refractivity contribution >= 4 is 5.91 Å². The van der Waals surface area contributed by atoms with Crippen LogP contribution in [0.4, 0.5) is 0 Å². The minimum absolute atomic E-state index is 0.0846. The molecule has 0 aromatic rings. The number of carbonyl (C=O) groups excluding carboxylic acids is 1. The van der Waals surface area contributed by atoms with Crippen LogP contribution in [-0.2, 0) is 9.53 Å². The molecule has 2 atom stereocenters. The monoisotopic (exact) mass is 227 g/mol. The molecule has 16 heavy (non-hydrogen) atoms. The van der Waals surface area contributed by atoms with Crippen molar-refractivity contribution < 1.29 is 9.53 Å². The SMILES string of the molecule is CN1CCN(C(=O)[C@@H]2CC[C@H](CN)O2)CC1. The molecule has 5 heteroatoms. The molecule has 0 radical (unpaired) electrons. The number of piperazine rings is 1. The molecule has 2 heterocycles. The Hall–Kier alpha value is -0.650. The van der Waals surface area contributed by atoms with Gasteiger partial charge in [0.2, 0.25) is 0 Å². The van der Waals surface area contributed by atoms with Crippen LogP contribution in [0.1, 0.15) is 12.8 Å². The number of likely N-dealkylation sites (N-methyl/N-ethyl adjacent to an activating group) is 1. The minimum Gasteiger partial charge on any atom is -0.364 e. The van der Waals surface area contributed by atoms with E-state index in [1.54, 1.807) is 0 Å². The van der Waals surface area contributed by atoms with Crippen LogP contribution in [0.25, 0.3) is 0 Å². The van der Waals surface area contributed by atoms with Crippen molar-refractivity contribution in [2.75, 3.05) is 39.8 Å². The van der Waals surface area contributed by atoms with Crippen molar-refractivity contribution in [2.24, 2.45) is 5.73 Å². The van der Waals surface area contributed by atoms with Gasteiger partial charge in [-0.3, -0.25) is 4.79 Å². The van der Waals surface area contributed by atoms with Crippen molar-refractivity contribution in [3.05, 3.63) is 0 Å². The number of nitrogens with two attached hydrogens (primary N) is 1. The molecule has 0 saturated carbocycles. The zero-order chi connectivity index (χ0) is 11.5. The van der Waals surface area contributed by atoms with Gasteiger partial charge in [0, 0.05) is 32.7 Å². The summed E-state index contributed by atoms with van der Waals surface area (Å²) in [6.45, 7) is 4.08. The van der Waals surface area contributed by atoms with Crippen LogP contribution >= 0.6 is 0 Å². The van der Waals surface area contributed by atoms with Crippen molar-refractivity contribution in [1.82, 2.24) is 9.80 Å². The lowest BCUT2D eigenvalue weighted by atomic mass is 10.1. The average molecular weight is 227 g/mol. The maximum Gasteiger partial charge on any atom is 0.251 e. The summed E-state index contributed by atoms with van der Waals surface area (Å²) in [6, 6.07) is 0. The molecule has 2 N–H and O–H groups in total. The van der Waals surface area contributed by atoms with Crippen LogP contribution in [0.2, 0.25) is 0 Å². The maximum atomic E-state index is 12.1. The van der Waals surface area contributed by atoms with Gasteiger partial charge in [-0.15, -0.1) is 0 Å². The van der Waals surface area contributed by atoms with Gasteiger partial charge in [0.1, 0.15) is 6.10 Å². The van der Waals surface area contributed by atoms with E-state index in [0.29, 0.717) is 6.54 Å². The van der Waals surface area contributed by atoms with E-state index in [1.807, 2.05) is 4.90 Å². The minimum atomic E-state index is -0.239. The highest BCUT2D eigenvalue weighted by Gasteiger charge is 2.33. The summed E-state index contributed by atoms with van der Waals surface area (Å²) < 4.78 is 5.62. The molecule has 0 unspecified atom stereocenters. The highest BCUT2D eigenvalue weighted by molar-refractivity contribution is 5.81. The highest BCUT2D eigenvalue weighted by Crippen LogP contribution is 2.21. The number of nitrogens with zero attached hydrogens (tertiary/aromatic N) is 2. The molecular formula is C11H21N3O2. The second-order valence-electron chi connectivity index (χ2n) is 4.69. The molecule has 5 nitrogen and oxygen atoms in total. The lowest BCUT2D eigenvalue weighted by Crippen LogP contribution is -2.50. The summed E-state index contributed by atoms with van der Waals surface area (Å²) in [5, 5.41) is 0. The Balaban J connectivity index is 1.83. The van der Waals surface area contributed by atoms with Crippen LogP contribution in [0.5, 0.6) is 0 Å². The summed E-state index contributed by atoms with van der Waals surface area (Å²) in [5.74, 6) is 0.157. The third-order valence-electron chi connectivity index (χ3n) is 3.46. The Labute approximate surface area is 96.5 Å². The van der Waals surface area contributed by atoms with Crippen LogP contribution in [0.3, 0.4) is 0 Å². The molecule has 2 aliphatic rings. The predicted octanol–water partition coefficient (Wildman–Crippen LogP) is -0.733. The Morgan fingerprint density at radius 2 is 2.00 bits per heavy atom. The summed E-state index contributed by atoms with van der Waals surface area (Å²) in [6.07, 6.45) is 1.59. The Morgan fingerprint density at radius 1 is 1.31 bits per heavy atom. The van der Waals surface area contributed by atoms with Gasteiger partial charge in [-0.05, 0) is 19.9 Å². The zero-order valence-electron chi connectivity index (χ0n) is 9.89. The molecule has 0 spiro atoms. The summed E-state index contributed by atoms with van der Waals surface area (Å²) in [4.78, 5) is 16.3. The second kappa shape index (κ2) is 5.12. The third-order valence-corrected chi connectivity index (χ3v) is 3.46. The highest BCUT2D eigenvalue weighted by atomic mass is 16.5. The fourth-order valence-electron chi connectivity index (χ4n) is 2.29. The topological polar surface area (TPSA) is 58.8 Å². The number of amides is 1. The van der Waals surface area contributed by atoms with E-state index >= 15 is 0 Å². The standard InChI is InChI=1S/C11H21N3O2/c1-13-4-6-14(7-5-13)11(15)10-3-2-9(8-12)16-10/h9-10H,2-8,12H2,1H3/t9-,10+/m1/s1. The first-order chi connectivity index (χ1) is 7.70. The first-order valence-corrected chi connectivity index (χ1v) is 6.03. The summed E-state index contributed by atoms with van der Waals surface area (Å²) in [5.41, 5.74) is 5.54. The number of hydrogen-bond donors (Lipinski definition) is 1. The molecule has 0 bridgehead atoms. The first-order valence-electron chi connectivity index (χ1n) is 6.03. The van der Waals surface area contributed by atoms with E-state index in [-0.39, 0.29) is 18.1 Å². The van der Waals surface area contributed by atoms with Gasteiger partial charge < -0.3 is 20.3 Å². The van der Waals surface area contributed by atoms with Gasteiger partial charge in [-0.2, -0.15) is 0 Å². The van der Waals surface area contributed by atoms with E-state index in [0.717, 1.165) is 39.0 Å². The van der Waals surface area contributed by atoms with Gasteiger partial charge >= 0.3 is 0 Å². The smallest absolute Gasteiger partial charge is 0.251 e. The van der Waals surface area contributed by atoms with Crippen molar-refractivity contribution in [3.8, 4) is 0 Å². The third kappa shape index (κ3) is 2.53. The van der Waals surface area contributed by atoms with Crippen LogP contribution in [0.15, 0.2) is 0 Å². The van der Waals surface area contributed by atoms with Crippen molar-refractivity contribution in [1.29, 1.82) is 0 Å². The lowest BCUT2D eigenvalue weighted by Gasteiger charge is -2.33. The molecule has 2 rings (SSSR count). The van der Waals surface area contributed by atoms with E-state index in [1.165, 1.54) is 0 Å². The van der Waals surface area contributed by atoms with Crippen molar-refractivity contribution in [3.63, 3.8) is 0 Å². The average Bonchev–Trinajstić information content (AvgIpc) is 2.77. The first kappa shape index (κ1) is 11.8. The Bertz CT molecular complexity index is 248. The second-order valence-corrected chi connectivity index (χ2v) is 4.69. The van der Waals surface area contributed by atoms with Crippen molar-refractivity contribution in [2.45, 2.75) is 25.0 Å². The molecule has 2 fully saturated rings. The fourth-order valence-corrected chi connectivity index (χ4v) is 2.29. The lowest BCUT2D eigenvalue weighted by molar-refractivity contribution is -0.144. The Kier molecular flexibility index (Phi) is 3.78. The molecule has 0 aliphatic carbocycles. The van der Waals surface area contributed by atoms with E-state index in [4.69, 9.17) is 10.5 Å². The number of ether oxygens (including phenoxy) is 1. The number of hydrogen-bond acceptors (Lipinski definition) is 4. The maximum absolute atomic E-state index is 12.1. The van der Waals surface area contributed by atoms with Gasteiger partial charge in [-0.25, -0.2) is 0 Å². The van der Waals surface area contributed by atoms with Crippen LogP contribution in [0, 0.1) is 0 Å². The normalized spacial score (nSPS) is 32.0. The molecule has 0 aromatic carbocycles. The van der Waals surface area contributed by atoms with E-state index in [9.17, 15) is 4.79 Å². The van der Waals surface area contributed by atoms with E-state index < -0.39 is 0 Å². The number of carbonyl (C=O) groups is 1. The summed E-state index contributed by atoms with van der Waals surface area (Å²) in [7, 11) is 2.08. The molecular weight excluding hydrogens is 206 g/mol.